The van der Waals surface area contributed by atoms with Gasteiger partial charge in [0.05, 0.1) is 0 Å². The molecule has 4 nitrogen and oxygen atoms in total. The van der Waals surface area contributed by atoms with E-state index in [0.717, 1.165) is 16.6 Å². The summed E-state index contributed by atoms with van der Waals surface area (Å²) in [5, 5.41) is 13.2. The molecule has 0 spiro atoms. The summed E-state index contributed by atoms with van der Waals surface area (Å²) in [7, 11) is 0. The lowest BCUT2D eigenvalue weighted by atomic mass is 10.2. The number of aromatic nitrogens is 1. The normalized spacial score (nSPS) is 10.5. The number of aromatic hydroxyl groups is 1. The molecule has 1 heterocycles. The van der Waals surface area contributed by atoms with Gasteiger partial charge in [-0.25, -0.2) is 0 Å². The number of H-pyrrole nitrogens is 1. The first kappa shape index (κ1) is 11.3. The Morgan fingerprint density at radius 2 is 2.00 bits per heavy atom. The number of rotatable bonds is 2. The van der Waals surface area contributed by atoms with E-state index in [1.54, 1.807) is 12.1 Å². The predicted molar refractivity (Wildman–Crippen MR) is 74.4 cm³/mol. The van der Waals surface area contributed by atoms with Gasteiger partial charge in [-0.3, -0.25) is 4.79 Å². The number of fused-ring (bicyclic) bond motifs is 1. The first-order valence-electron chi connectivity index (χ1n) is 5.90. The van der Waals surface area contributed by atoms with Crippen LogP contribution in [0.1, 0.15) is 10.4 Å². The smallest absolute Gasteiger partial charge is 0.255 e. The summed E-state index contributed by atoms with van der Waals surface area (Å²) >= 11 is 0. The van der Waals surface area contributed by atoms with Gasteiger partial charge in [0.1, 0.15) is 5.75 Å². The predicted octanol–water partition coefficient (Wildman–Crippen LogP) is 3.13. The summed E-state index contributed by atoms with van der Waals surface area (Å²) in [6, 6.07) is 13.8. The Bertz CT molecular complexity index is 746. The lowest BCUT2D eigenvalue weighted by Gasteiger charge is -2.05. The quantitative estimate of drug-likeness (QED) is 0.656. The van der Waals surface area contributed by atoms with Crippen LogP contribution in [0.15, 0.2) is 54.7 Å². The summed E-state index contributed by atoms with van der Waals surface area (Å²) in [4.78, 5) is 15.1. The fourth-order valence-electron chi connectivity index (χ4n) is 1.98. The number of carbonyl (C=O) groups excluding carboxylic acids is 1. The van der Waals surface area contributed by atoms with Gasteiger partial charge in [-0.1, -0.05) is 6.07 Å². The molecule has 0 fully saturated rings. The summed E-state index contributed by atoms with van der Waals surface area (Å²) < 4.78 is 0. The van der Waals surface area contributed by atoms with Gasteiger partial charge in [-0.15, -0.1) is 0 Å². The van der Waals surface area contributed by atoms with Gasteiger partial charge in [0.25, 0.3) is 5.91 Å². The number of anilines is 1. The average molecular weight is 252 g/mol. The van der Waals surface area contributed by atoms with E-state index in [2.05, 4.69) is 10.3 Å². The summed E-state index contributed by atoms with van der Waals surface area (Å²) in [5.41, 5.74) is 2.17. The van der Waals surface area contributed by atoms with Crippen LogP contribution in [0.5, 0.6) is 5.75 Å². The number of hydrogen-bond donors (Lipinski definition) is 3. The van der Waals surface area contributed by atoms with Gasteiger partial charge in [0.15, 0.2) is 0 Å². The lowest BCUT2D eigenvalue weighted by molar-refractivity contribution is 0.102. The number of benzene rings is 2. The maximum absolute atomic E-state index is 12.0. The molecule has 0 unspecified atom stereocenters. The molecule has 19 heavy (non-hydrogen) atoms. The second kappa shape index (κ2) is 4.49. The zero-order valence-corrected chi connectivity index (χ0v) is 10.1. The molecule has 0 saturated carbocycles. The van der Waals surface area contributed by atoms with Gasteiger partial charge in [0, 0.05) is 28.4 Å². The van der Waals surface area contributed by atoms with E-state index in [1.807, 2.05) is 30.5 Å². The SMILES string of the molecule is O=C(Nc1ccc2[nH]ccc2c1)c1cccc(O)c1. The number of amides is 1. The maximum Gasteiger partial charge on any atom is 0.255 e. The molecule has 3 N–H and O–H groups in total. The fraction of sp³-hybridized carbons (Fsp3) is 0. The van der Waals surface area contributed by atoms with E-state index in [9.17, 15) is 9.90 Å². The minimum atomic E-state index is -0.245. The van der Waals surface area contributed by atoms with Crippen molar-refractivity contribution in [3.8, 4) is 5.75 Å². The van der Waals surface area contributed by atoms with E-state index in [-0.39, 0.29) is 11.7 Å². The van der Waals surface area contributed by atoms with Crippen molar-refractivity contribution in [3.05, 3.63) is 60.3 Å². The number of phenols is 1. The highest BCUT2D eigenvalue weighted by Crippen LogP contribution is 2.19. The van der Waals surface area contributed by atoms with Gasteiger partial charge in [0.2, 0.25) is 0 Å². The second-order valence-electron chi connectivity index (χ2n) is 4.28. The average Bonchev–Trinajstić information content (AvgIpc) is 2.86. The van der Waals surface area contributed by atoms with Crippen molar-refractivity contribution >= 4 is 22.5 Å². The molecule has 0 radical (unpaired) electrons. The summed E-state index contributed by atoms with van der Waals surface area (Å²) in [6.07, 6.45) is 1.85. The molecule has 3 rings (SSSR count). The minimum Gasteiger partial charge on any atom is -0.508 e. The van der Waals surface area contributed by atoms with E-state index >= 15 is 0 Å². The fourth-order valence-corrected chi connectivity index (χ4v) is 1.98. The van der Waals surface area contributed by atoms with Crippen LogP contribution in [0, 0.1) is 0 Å². The molecule has 94 valence electrons. The van der Waals surface area contributed by atoms with Crippen molar-refractivity contribution in [1.29, 1.82) is 0 Å². The number of hydrogen-bond acceptors (Lipinski definition) is 2. The summed E-state index contributed by atoms with van der Waals surface area (Å²) in [5.74, 6) is -0.167. The molecule has 0 bridgehead atoms. The van der Waals surface area contributed by atoms with Crippen LogP contribution in [0.4, 0.5) is 5.69 Å². The van der Waals surface area contributed by atoms with Gasteiger partial charge in [-0.2, -0.15) is 0 Å². The standard InChI is InChI=1S/C15H12N2O2/c18-13-3-1-2-11(9-13)15(19)17-12-4-5-14-10(8-12)6-7-16-14/h1-9,16,18H,(H,17,19). The molecule has 1 amide bonds. The molecule has 4 heteroatoms. The number of nitrogens with one attached hydrogen (secondary N) is 2. The third kappa shape index (κ3) is 2.28. The van der Waals surface area contributed by atoms with E-state index < -0.39 is 0 Å². The highest BCUT2D eigenvalue weighted by atomic mass is 16.3. The molecular weight excluding hydrogens is 240 g/mol. The number of phenolic OH excluding ortho intramolecular Hbond substituents is 1. The third-order valence-electron chi connectivity index (χ3n) is 2.92. The Hall–Kier alpha value is -2.75. The lowest BCUT2D eigenvalue weighted by Crippen LogP contribution is -2.11. The third-order valence-corrected chi connectivity index (χ3v) is 2.92. The minimum absolute atomic E-state index is 0.0775. The van der Waals surface area contributed by atoms with Crippen LogP contribution in [-0.2, 0) is 0 Å². The molecule has 1 aromatic heterocycles. The van der Waals surface area contributed by atoms with E-state index in [0.29, 0.717) is 5.56 Å². The Labute approximate surface area is 109 Å². The van der Waals surface area contributed by atoms with Crippen LogP contribution < -0.4 is 5.32 Å². The second-order valence-corrected chi connectivity index (χ2v) is 4.28. The van der Waals surface area contributed by atoms with Crippen molar-refractivity contribution in [1.82, 2.24) is 4.98 Å². The first-order valence-corrected chi connectivity index (χ1v) is 5.90. The molecular formula is C15H12N2O2. The van der Waals surface area contributed by atoms with Crippen molar-refractivity contribution < 1.29 is 9.90 Å². The Balaban J connectivity index is 1.86. The maximum atomic E-state index is 12.0. The number of aromatic amines is 1. The van der Waals surface area contributed by atoms with Crippen molar-refractivity contribution in [2.75, 3.05) is 5.32 Å². The Morgan fingerprint density at radius 1 is 1.11 bits per heavy atom. The molecule has 2 aromatic carbocycles. The van der Waals surface area contributed by atoms with E-state index in [1.165, 1.54) is 12.1 Å². The van der Waals surface area contributed by atoms with Crippen LogP contribution >= 0.6 is 0 Å². The van der Waals surface area contributed by atoms with Crippen molar-refractivity contribution in [2.24, 2.45) is 0 Å². The van der Waals surface area contributed by atoms with Crippen LogP contribution in [-0.4, -0.2) is 16.0 Å². The molecule has 0 aliphatic heterocycles. The van der Waals surface area contributed by atoms with E-state index in [4.69, 9.17) is 0 Å². The highest BCUT2D eigenvalue weighted by Gasteiger charge is 2.07. The molecule has 3 aromatic rings. The van der Waals surface area contributed by atoms with Crippen LogP contribution in [0.2, 0.25) is 0 Å². The molecule has 0 atom stereocenters. The molecule has 0 aliphatic carbocycles. The Morgan fingerprint density at radius 3 is 2.84 bits per heavy atom. The topological polar surface area (TPSA) is 65.1 Å². The van der Waals surface area contributed by atoms with Gasteiger partial charge in [-0.05, 0) is 42.5 Å². The van der Waals surface area contributed by atoms with Crippen LogP contribution in [0.25, 0.3) is 10.9 Å². The van der Waals surface area contributed by atoms with Crippen LogP contribution in [0.3, 0.4) is 0 Å². The molecule has 0 aliphatic rings. The van der Waals surface area contributed by atoms with Gasteiger partial charge < -0.3 is 15.4 Å². The zero-order chi connectivity index (χ0) is 13.2. The van der Waals surface area contributed by atoms with Crippen molar-refractivity contribution in [3.63, 3.8) is 0 Å². The number of carbonyl (C=O) groups is 1. The van der Waals surface area contributed by atoms with Crippen molar-refractivity contribution in [2.45, 2.75) is 0 Å². The first-order chi connectivity index (χ1) is 9.22. The molecule has 0 saturated heterocycles. The zero-order valence-electron chi connectivity index (χ0n) is 10.1. The largest absolute Gasteiger partial charge is 0.508 e. The highest BCUT2D eigenvalue weighted by molar-refractivity contribution is 6.05. The summed E-state index contributed by atoms with van der Waals surface area (Å²) in [6.45, 7) is 0. The van der Waals surface area contributed by atoms with Gasteiger partial charge >= 0.3 is 0 Å². The monoisotopic (exact) mass is 252 g/mol. The Kier molecular flexibility index (Phi) is 2.68.